The first-order valence-corrected chi connectivity index (χ1v) is 4.32. The molecule has 0 bridgehead atoms. The maximum absolute atomic E-state index is 9.49. The van der Waals surface area contributed by atoms with Crippen LogP contribution in [0.1, 0.15) is 24.0 Å². The normalized spacial score (nSPS) is 15.7. The molecule has 0 saturated heterocycles. The molecule has 0 spiro atoms. The highest BCUT2D eigenvalue weighted by molar-refractivity contribution is 5.49. The molecular formula is C10H12O2. The first-order valence-electron chi connectivity index (χ1n) is 4.32. The third-order valence-electron chi connectivity index (χ3n) is 2.48. The maximum Gasteiger partial charge on any atom is 0.160 e. The summed E-state index contributed by atoms with van der Waals surface area (Å²) >= 11 is 0. The fourth-order valence-corrected chi connectivity index (χ4v) is 1.80. The Labute approximate surface area is 71.5 Å². The molecule has 0 aromatic heterocycles. The summed E-state index contributed by atoms with van der Waals surface area (Å²) in [5.74, 6) is 0.0999. The van der Waals surface area contributed by atoms with Gasteiger partial charge in [-0.15, -0.1) is 0 Å². The number of fused-ring (bicyclic) bond motifs is 1. The molecule has 64 valence electrons. The summed E-state index contributed by atoms with van der Waals surface area (Å²) < 4.78 is 0. The van der Waals surface area contributed by atoms with Gasteiger partial charge in [0.05, 0.1) is 0 Å². The van der Waals surface area contributed by atoms with Gasteiger partial charge in [-0.25, -0.2) is 0 Å². The van der Waals surface area contributed by atoms with Crippen LogP contribution >= 0.6 is 0 Å². The second-order valence-corrected chi connectivity index (χ2v) is 3.28. The molecule has 12 heavy (non-hydrogen) atoms. The third-order valence-corrected chi connectivity index (χ3v) is 2.48. The van der Waals surface area contributed by atoms with Crippen LogP contribution in [-0.2, 0) is 12.8 Å². The molecule has 2 nitrogen and oxygen atoms in total. The quantitative estimate of drug-likeness (QED) is 0.575. The van der Waals surface area contributed by atoms with Crippen molar-refractivity contribution in [2.24, 2.45) is 0 Å². The topological polar surface area (TPSA) is 40.5 Å². The van der Waals surface area contributed by atoms with Crippen molar-refractivity contribution in [3.8, 4) is 11.5 Å². The first kappa shape index (κ1) is 7.47. The molecule has 2 N–H and O–H groups in total. The van der Waals surface area contributed by atoms with E-state index in [9.17, 15) is 10.2 Å². The van der Waals surface area contributed by atoms with Crippen LogP contribution in [0.2, 0.25) is 0 Å². The van der Waals surface area contributed by atoms with Crippen molar-refractivity contribution in [3.05, 3.63) is 23.3 Å². The van der Waals surface area contributed by atoms with E-state index in [1.54, 1.807) is 6.07 Å². The molecule has 1 aliphatic carbocycles. The van der Waals surface area contributed by atoms with Gasteiger partial charge in [-0.1, -0.05) is 6.07 Å². The van der Waals surface area contributed by atoms with E-state index in [0.29, 0.717) is 0 Å². The highest BCUT2D eigenvalue weighted by atomic mass is 16.3. The Balaban J connectivity index is 2.54. The second-order valence-electron chi connectivity index (χ2n) is 3.28. The van der Waals surface area contributed by atoms with E-state index >= 15 is 0 Å². The molecule has 2 heteroatoms. The minimum Gasteiger partial charge on any atom is -0.504 e. The van der Waals surface area contributed by atoms with E-state index in [4.69, 9.17) is 0 Å². The number of rotatable bonds is 0. The van der Waals surface area contributed by atoms with Crippen LogP contribution in [0.15, 0.2) is 12.1 Å². The van der Waals surface area contributed by atoms with Gasteiger partial charge < -0.3 is 10.2 Å². The molecule has 0 saturated carbocycles. The largest absolute Gasteiger partial charge is 0.504 e. The number of aromatic hydroxyl groups is 2. The fraction of sp³-hybridized carbons (Fsp3) is 0.400. The Hall–Kier alpha value is -1.18. The van der Waals surface area contributed by atoms with Gasteiger partial charge in [-0.3, -0.25) is 0 Å². The summed E-state index contributed by atoms with van der Waals surface area (Å²) in [6.45, 7) is 0. The van der Waals surface area contributed by atoms with Crippen molar-refractivity contribution in [2.75, 3.05) is 0 Å². The van der Waals surface area contributed by atoms with Crippen LogP contribution in [0.4, 0.5) is 0 Å². The molecule has 0 atom stereocenters. The van der Waals surface area contributed by atoms with E-state index in [1.165, 1.54) is 12.0 Å². The summed E-state index contributed by atoms with van der Waals surface area (Å²) in [5.41, 5.74) is 2.14. The number of benzene rings is 1. The van der Waals surface area contributed by atoms with Crippen LogP contribution in [0, 0.1) is 0 Å². The zero-order chi connectivity index (χ0) is 8.55. The molecule has 1 aliphatic rings. The average molecular weight is 164 g/mol. The van der Waals surface area contributed by atoms with Gasteiger partial charge in [0, 0.05) is 5.56 Å². The van der Waals surface area contributed by atoms with Crippen LogP contribution in [0.25, 0.3) is 0 Å². The number of hydrogen-bond donors (Lipinski definition) is 2. The zero-order valence-corrected chi connectivity index (χ0v) is 6.88. The van der Waals surface area contributed by atoms with E-state index in [-0.39, 0.29) is 11.5 Å². The van der Waals surface area contributed by atoms with Gasteiger partial charge in [-0.05, 0) is 37.3 Å². The summed E-state index contributed by atoms with van der Waals surface area (Å²) in [6.07, 6.45) is 4.24. The van der Waals surface area contributed by atoms with E-state index in [1.807, 2.05) is 6.07 Å². The molecule has 2 rings (SSSR count). The molecule has 0 radical (unpaired) electrons. The van der Waals surface area contributed by atoms with Crippen LogP contribution in [-0.4, -0.2) is 10.2 Å². The van der Waals surface area contributed by atoms with Gasteiger partial charge in [0.1, 0.15) is 0 Å². The van der Waals surface area contributed by atoms with E-state index < -0.39 is 0 Å². The van der Waals surface area contributed by atoms with Gasteiger partial charge in [0.15, 0.2) is 11.5 Å². The van der Waals surface area contributed by atoms with E-state index in [2.05, 4.69) is 0 Å². The van der Waals surface area contributed by atoms with Gasteiger partial charge in [0.2, 0.25) is 0 Å². The lowest BCUT2D eigenvalue weighted by Gasteiger charge is -2.16. The second kappa shape index (κ2) is 2.70. The Morgan fingerprint density at radius 2 is 1.75 bits per heavy atom. The fourth-order valence-electron chi connectivity index (χ4n) is 1.80. The minimum absolute atomic E-state index is 0.00986. The molecular weight excluding hydrogens is 152 g/mol. The van der Waals surface area contributed by atoms with Crippen LogP contribution in [0.5, 0.6) is 11.5 Å². The molecule has 0 unspecified atom stereocenters. The van der Waals surface area contributed by atoms with Crippen molar-refractivity contribution >= 4 is 0 Å². The van der Waals surface area contributed by atoms with E-state index in [0.717, 1.165) is 24.8 Å². The van der Waals surface area contributed by atoms with Gasteiger partial charge >= 0.3 is 0 Å². The van der Waals surface area contributed by atoms with Crippen molar-refractivity contribution < 1.29 is 10.2 Å². The standard InChI is InChI=1S/C10H12O2/c11-9-6-5-7-3-1-2-4-8(7)10(9)12/h5-6,11-12H,1-4H2. The Kier molecular flexibility index (Phi) is 1.68. The SMILES string of the molecule is Oc1ccc2c(c1O)CCCC2. The third kappa shape index (κ3) is 1.04. The molecule has 0 amide bonds. The summed E-state index contributed by atoms with van der Waals surface area (Å²) in [7, 11) is 0. The lowest BCUT2D eigenvalue weighted by molar-refractivity contribution is 0.396. The number of phenolic OH excluding ortho intramolecular Hbond substituents is 2. The van der Waals surface area contributed by atoms with Crippen LogP contribution < -0.4 is 0 Å². The lowest BCUT2D eigenvalue weighted by Crippen LogP contribution is -2.02. The Bertz CT molecular complexity index is 305. The highest BCUT2D eigenvalue weighted by Crippen LogP contribution is 2.35. The van der Waals surface area contributed by atoms with Gasteiger partial charge in [-0.2, -0.15) is 0 Å². The summed E-state index contributed by atoms with van der Waals surface area (Å²) in [6, 6.07) is 3.48. The summed E-state index contributed by atoms with van der Waals surface area (Å²) in [5, 5.41) is 18.7. The number of aryl methyl sites for hydroxylation is 1. The molecule has 0 heterocycles. The monoisotopic (exact) mass is 164 g/mol. The predicted octanol–water partition coefficient (Wildman–Crippen LogP) is 1.98. The van der Waals surface area contributed by atoms with Crippen molar-refractivity contribution in [1.82, 2.24) is 0 Å². The zero-order valence-electron chi connectivity index (χ0n) is 6.88. The number of hydrogen-bond acceptors (Lipinski definition) is 2. The van der Waals surface area contributed by atoms with Crippen LogP contribution in [0.3, 0.4) is 0 Å². The van der Waals surface area contributed by atoms with Crippen molar-refractivity contribution in [3.63, 3.8) is 0 Å². The van der Waals surface area contributed by atoms with Crippen molar-refractivity contribution in [1.29, 1.82) is 0 Å². The lowest BCUT2D eigenvalue weighted by atomic mass is 9.91. The van der Waals surface area contributed by atoms with Crippen molar-refractivity contribution in [2.45, 2.75) is 25.7 Å². The summed E-state index contributed by atoms with van der Waals surface area (Å²) in [4.78, 5) is 0. The van der Waals surface area contributed by atoms with Gasteiger partial charge in [0.25, 0.3) is 0 Å². The minimum atomic E-state index is 0.00986. The number of phenols is 2. The first-order chi connectivity index (χ1) is 5.79. The smallest absolute Gasteiger partial charge is 0.160 e. The predicted molar refractivity (Wildman–Crippen MR) is 46.4 cm³/mol. The molecule has 0 aliphatic heterocycles. The Morgan fingerprint density at radius 3 is 2.58 bits per heavy atom. The highest BCUT2D eigenvalue weighted by Gasteiger charge is 2.14. The maximum atomic E-state index is 9.49. The molecule has 0 fully saturated rings. The molecule has 1 aromatic carbocycles. The Morgan fingerprint density at radius 1 is 1.00 bits per heavy atom. The average Bonchev–Trinajstić information content (AvgIpc) is 2.12. The molecule has 1 aromatic rings.